The van der Waals surface area contributed by atoms with Crippen molar-refractivity contribution in [2.75, 3.05) is 6.26 Å². The Bertz CT molecular complexity index is 490. The van der Waals surface area contributed by atoms with Crippen molar-refractivity contribution < 1.29 is 14.7 Å². The minimum atomic E-state index is -0.763. The highest BCUT2D eigenvalue weighted by atomic mass is 32.2. The number of benzene rings is 1. The Morgan fingerprint density at radius 1 is 1.24 bits per heavy atom. The summed E-state index contributed by atoms with van der Waals surface area (Å²) in [7, 11) is 0. The summed E-state index contributed by atoms with van der Waals surface area (Å²) in [6.07, 6.45) is 4.16. The number of thioether (sulfide) groups is 1. The molecule has 0 bridgehead atoms. The summed E-state index contributed by atoms with van der Waals surface area (Å²) in [6.45, 7) is 3.66. The highest BCUT2D eigenvalue weighted by Gasteiger charge is 2.14. The monoisotopic (exact) mass is 309 g/mol. The average Bonchev–Trinajstić information content (AvgIpc) is 2.46. The Morgan fingerprint density at radius 2 is 1.90 bits per heavy atom. The Labute approximate surface area is 130 Å². The van der Waals surface area contributed by atoms with Crippen LogP contribution in [-0.2, 0) is 4.79 Å². The minimum Gasteiger partial charge on any atom is -0.481 e. The zero-order chi connectivity index (χ0) is 15.8. The van der Waals surface area contributed by atoms with Gasteiger partial charge in [0.2, 0.25) is 0 Å². The number of aliphatic carboxylic acids is 1. The highest BCUT2D eigenvalue weighted by molar-refractivity contribution is 7.98. The number of hydrogen-bond acceptors (Lipinski definition) is 3. The third-order valence-electron chi connectivity index (χ3n) is 3.42. The zero-order valence-electron chi connectivity index (χ0n) is 12.8. The third-order valence-corrected chi connectivity index (χ3v) is 4.22. The Morgan fingerprint density at radius 3 is 2.52 bits per heavy atom. The van der Waals surface area contributed by atoms with Gasteiger partial charge in [-0.2, -0.15) is 0 Å². The van der Waals surface area contributed by atoms with E-state index in [9.17, 15) is 9.59 Å². The van der Waals surface area contributed by atoms with Crippen molar-refractivity contribution in [3.05, 3.63) is 29.8 Å². The molecule has 2 atom stereocenters. The maximum Gasteiger partial charge on any atom is 0.306 e. The van der Waals surface area contributed by atoms with Crippen LogP contribution in [0.5, 0.6) is 0 Å². The van der Waals surface area contributed by atoms with E-state index in [2.05, 4.69) is 5.32 Å². The molecule has 2 N–H and O–H groups in total. The second kappa shape index (κ2) is 8.72. The minimum absolute atomic E-state index is 0.0356. The van der Waals surface area contributed by atoms with E-state index in [1.165, 1.54) is 0 Å². The first-order valence-electron chi connectivity index (χ1n) is 7.12. The van der Waals surface area contributed by atoms with E-state index >= 15 is 0 Å². The van der Waals surface area contributed by atoms with Crippen molar-refractivity contribution in [1.82, 2.24) is 5.32 Å². The summed E-state index contributed by atoms with van der Waals surface area (Å²) in [4.78, 5) is 23.9. The zero-order valence-corrected chi connectivity index (χ0v) is 13.6. The molecular weight excluding hydrogens is 286 g/mol. The van der Waals surface area contributed by atoms with Gasteiger partial charge in [-0.1, -0.05) is 25.5 Å². The van der Waals surface area contributed by atoms with Gasteiger partial charge < -0.3 is 10.4 Å². The number of amides is 1. The molecule has 0 fully saturated rings. The van der Waals surface area contributed by atoms with Crippen LogP contribution in [0, 0.1) is 5.92 Å². The topological polar surface area (TPSA) is 66.4 Å². The second-order valence-electron chi connectivity index (χ2n) is 5.24. The maximum absolute atomic E-state index is 12.2. The van der Waals surface area contributed by atoms with Gasteiger partial charge in [0, 0.05) is 10.9 Å². The van der Waals surface area contributed by atoms with E-state index in [0.717, 1.165) is 17.7 Å². The first-order valence-corrected chi connectivity index (χ1v) is 8.34. The first kappa shape index (κ1) is 17.6. The van der Waals surface area contributed by atoms with Gasteiger partial charge >= 0.3 is 5.97 Å². The van der Waals surface area contributed by atoms with Crippen LogP contribution in [0.15, 0.2) is 29.2 Å². The molecular formula is C16H23NO3S. The fourth-order valence-corrected chi connectivity index (χ4v) is 2.65. The molecule has 5 heteroatoms. The van der Waals surface area contributed by atoms with Crippen LogP contribution in [0.2, 0.25) is 0 Å². The molecule has 1 aromatic rings. The summed E-state index contributed by atoms with van der Waals surface area (Å²) in [5.41, 5.74) is 0.691. The van der Waals surface area contributed by atoms with Gasteiger partial charge in [-0.3, -0.25) is 9.59 Å². The SMILES string of the molecule is CSc1ccccc1C(=O)NC(C)CCCC(C)C(=O)O. The fraction of sp³-hybridized carbons (Fsp3) is 0.500. The molecule has 0 aliphatic rings. The van der Waals surface area contributed by atoms with Gasteiger partial charge in [0.05, 0.1) is 11.5 Å². The predicted molar refractivity (Wildman–Crippen MR) is 85.8 cm³/mol. The average molecular weight is 309 g/mol. The predicted octanol–water partition coefficient (Wildman–Crippen LogP) is 3.42. The number of carboxylic acid groups (broad SMARTS) is 1. The van der Waals surface area contributed by atoms with Crippen molar-refractivity contribution in [3.8, 4) is 0 Å². The third kappa shape index (κ3) is 5.79. The van der Waals surface area contributed by atoms with Crippen molar-refractivity contribution in [1.29, 1.82) is 0 Å². The second-order valence-corrected chi connectivity index (χ2v) is 6.09. The number of carbonyl (C=O) groups excluding carboxylic acids is 1. The lowest BCUT2D eigenvalue weighted by molar-refractivity contribution is -0.141. The van der Waals surface area contributed by atoms with Gasteiger partial charge in [-0.05, 0) is 38.2 Å². The highest BCUT2D eigenvalue weighted by Crippen LogP contribution is 2.20. The first-order chi connectivity index (χ1) is 9.95. The quantitative estimate of drug-likeness (QED) is 0.722. The number of carbonyl (C=O) groups is 2. The van der Waals surface area contributed by atoms with Crippen molar-refractivity contribution in [3.63, 3.8) is 0 Å². The summed E-state index contributed by atoms with van der Waals surface area (Å²) >= 11 is 1.55. The van der Waals surface area contributed by atoms with Crippen LogP contribution in [0.25, 0.3) is 0 Å². The lowest BCUT2D eigenvalue weighted by atomic mass is 10.0. The molecule has 116 valence electrons. The molecule has 0 aliphatic heterocycles. The molecule has 0 spiro atoms. The standard InChI is InChI=1S/C16H23NO3S/c1-11(16(19)20)7-6-8-12(2)17-15(18)13-9-4-5-10-14(13)21-3/h4-5,9-12H,6-8H2,1-3H3,(H,17,18)(H,19,20). The van der Waals surface area contributed by atoms with Crippen LogP contribution in [0.4, 0.5) is 0 Å². The number of hydrogen-bond donors (Lipinski definition) is 2. The van der Waals surface area contributed by atoms with Gasteiger partial charge in [-0.15, -0.1) is 11.8 Å². The van der Waals surface area contributed by atoms with Crippen LogP contribution in [-0.4, -0.2) is 29.3 Å². The van der Waals surface area contributed by atoms with Crippen molar-refractivity contribution in [2.24, 2.45) is 5.92 Å². The fourth-order valence-electron chi connectivity index (χ4n) is 2.06. The molecule has 4 nitrogen and oxygen atoms in total. The Hall–Kier alpha value is -1.49. The molecule has 1 aromatic carbocycles. The molecule has 0 saturated heterocycles. The molecule has 0 heterocycles. The molecule has 0 aliphatic carbocycles. The van der Waals surface area contributed by atoms with E-state index in [1.54, 1.807) is 18.7 Å². The van der Waals surface area contributed by atoms with Crippen LogP contribution < -0.4 is 5.32 Å². The van der Waals surface area contributed by atoms with E-state index in [1.807, 2.05) is 37.4 Å². The van der Waals surface area contributed by atoms with Crippen LogP contribution in [0.3, 0.4) is 0 Å². The van der Waals surface area contributed by atoms with E-state index < -0.39 is 5.97 Å². The lowest BCUT2D eigenvalue weighted by Gasteiger charge is -2.15. The largest absolute Gasteiger partial charge is 0.481 e. The molecule has 0 radical (unpaired) electrons. The smallest absolute Gasteiger partial charge is 0.306 e. The van der Waals surface area contributed by atoms with Crippen molar-refractivity contribution >= 4 is 23.6 Å². The van der Waals surface area contributed by atoms with Crippen LogP contribution in [0.1, 0.15) is 43.5 Å². The normalized spacial score (nSPS) is 13.5. The van der Waals surface area contributed by atoms with Gasteiger partial charge in [0.15, 0.2) is 0 Å². The van der Waals surface area contributed by atoms with Gasteiger partial charge in [0.1, 0.15) is 0 Å². The molecule has 2 unspecified atom stereocenters. The molecule has 0 saturated carbocycles. The summed E-state index contributed by atoms with van der Waals surface area (Å²) in [6, 6.07) is 7.56. The van der Waals surface area contributed by atoms with Gasteiger partial charge in [0.25, 0.3) is 5.91 Å². The van der Waals surface area contributed by atoms with E-state index in [4.69, 9.17) is 5.11 Å². The Balaban J connectivity index is 2.45. The molecule has 1 amide bonds. The molecule has 21 heavy (non-hydrogen) atoms. The maximum atomic E-state index is 12.2. The molecule has 1 rings (SSSR count). The van der Waals surface area contributed by atoms with E-state index in [-0.39, 0.29) is 17.9 Å². The van der Waals surface area contributed by atoms with Crippen LogP contribution >= 0.6 is 11.8 Å². The Kier molecular flexibility index (Phi) is 7.29. The molecule has 0 aromatic heterocycles. The summed E-state index contributed by atoms with van der Waals surface area (Å²) in [5.74, 6) is -1.16. The van der Waals surface area contributed by atoms with Crippen molar-refractivity contribution in [2.45, 2.75) is 44.0 Å². The number of rotatable bonds is 8. The lowest BCUT2D eigenvalue weighted by Crippen LogP contribution is -2.32. The van der Waals surface area contributed by atoms with Gasteiger partial charge in [-0.25, -0.2) is 0 Å². The number of nitrogens with one attached hydrogen (secondary N) is 1. The van der Waals surface area contributed by atoms with E-state index in [0.29, 0.717) is 12.0 Å². The summed E-state index contributed by atoms with van der Waals surface area (Å²) in [5, 5.41) is 11.8. The summed E-state index contributed by atoms with van der Waals surface area (Å²) < 4.78 is 0. The number of carboxylic acids is 1.